The smallest absolute Gasteiger partial charge is 0.308 e. The summed E-state index contributed by atoms with van der Waals surface area (Å²) >= 11 is 0. The number of aromatic hydroxyl groups is 1. The standard InChI is InChI=1S/C12H15FO5/c1-2-18-10(16)6-9(15)12(17)7-4-3-5-8(14)11(7)13/h3-5,9,12,14-15,17H,2,6H2,1H3. The Kier molecular flexibility index (Phi) is 5.06. The minimum Gasteiger partial charge on any atom is -0.505 e. The molecular formula is C12H15FO5. The molecule has 2 atom stereocenters. The van der Waals surface area contributed by atoms with Crippen molar-refractivity contribution >= 4 is 5.97 Å². The number of aliphatic hydroxyl groups is 2. The number of aliphatic hydroxyl groups excluding tert-OH is 2. The van der Waals surface area contributed by atoms with Crippen LogP contribution in [0.5, 0.6) is 5.75 Å². The first kappa shape index (κ1) is 14.4. The number of phenolic OH excluding ortho intramolecular Hbond substituents is 1. The molecule has 18 heavy (non-hydrogen) atoms. The molecule has 0 amide bonds. The van der Waals surface area contributed by atoms with Crippen molar-refractivity contribution in [3.8, 4) is 5.75 Å². The van der Waals surface area contributed by atoms with Gasteiger partial charge in [0.05, 0.1) is 19.1 Å². The van der Waals surface area contributed by atoms with Crippen molar-refractivity contribution in [2.24, 2.45) is 0 Å². The van der Waals surface area contributed by atoms with Crippen molar-refractivity contribution in [3.05, 3.63) is 29.6 Å². The predicted molar refractivity (Wildman–Crippen MR) is 60.3 cm³/mol. The molecule has 0 fully saturated rings. The van der Waals surface area contributed by atoms with E-state index in [-0.39, 0.29) is 12.2 Å². The number of benzene rings is 1. The van der Waals surface area contributed by atoms with Crippen molar-refractivity contribution in [3.63, 3.8) is 0 Å². The van der Waals surface area contributed by atoms with Crippen molar-refractivity contribution in [2.45, 2.75) is 25.6 Å². The van der Waals surface area contributed by atoms with Crippen LogP contribution in [0.2, 0.25) is 0 Å². The van der Waals surface area contributed by atoms with Gasteiger partial charge in [-0.05, 0) is 13.0 Å². The van der Waals surface area contributed by atoms with Gasteiger partial charge in [0.25, 0.3) is 0 Å². The second kappa shape index (κ2) is 6.32. The molecule has 0 saturated heterocycles. The van der Waals surface area contributed by atoms with Crippen LogP contribution in [0.25, 0.3) is 0 Å². The van der Waals surface area contributed by atoms with E-state index in [0.717, 1.165) is 6.07 Å². The summed E-state index contributed by atoms with van der Waals surface area (Å²) in [6.45, 7) is 1.76. The van der Waals surface area contributed by atoms with Gasteiger partial charge in [0, 0.05) is 5.56 Å². The number of hydrogen-bond acceptors (Lipinski definition) is 5. The summed E-state index contributed by atoms with van der Waals surface area (Å²) in [7, 11) is 0. The van der Waals surface area contributed by atoms with E-state index in [1.807, 2.05) is 0 Å². The molecule has 0 aliphatic heterocycles. The molecule has 0 aromatic heterocycles. The molecule has 3 N–H and O–H groups in total. The highest BCUT2D eigenvalue weighted by atomic mass is 19.1. The second-order valence-electron chi connectivity index (χ2n) is 3.70. The number of ether oxygens (including phenoxy) is 1. The van der Waals surface area contributed by atoms with Gasteiger partial charge in [-0.3, -0.25) is 4.79 Å². The molecule has 1 rings (SSSR count). The molecule has 5 nitrogen and oxygen atoms in total. The maximum Gasteiger partial charge on any atom is 0.308 e. The van der Waals surface area contributed by atoms with E-state index >= 15 is 0 Å². The van der Waals surface area contributed by atoms with Crippen LogP contribution in [0.1, 0.15) is 25.0 Å². The van der Waals surface area contributed by atoms with Crippen LogP contribution in [0.15, 0.2) is 18.2 Å². The van der Waals surface area contributed by atoms with Gasteiger partial charge in [-0.15, -0.1) is 0 Å². The van der Waals surface area contributed by atoms with Crippen LogP contribution in [-0.2, 0) is 9.53 Å². The molecule has 0 heterocycles. The van der Waals surface area contributed by atoms with E-state index in [2.05, 4.69) is 4.74 Å². The van der Waals surface area contributed by atoms with E-state index in [9.17, 15) is 19.4 Å². The maximum atomic E-state index is 13.5. The van der Waals surface area contributed by atoms with Gasteiger partial charge in [-0.1, -0.05) is 12.1 Å². The van der Waals surface area contributed by atoms with E-state index in [0.29, 0.717) is 0 Å². The largest absolute Gasteiger partial charge is 0.505 e. The Morgan fingerprint density at radius 3 is 2.72 bits per heavy atom. The minimum atomic E-state index is -1.61. The number of rotatable bonds is 5. The zero-order chi connectivity index (χ0) is 13.7. The lowest BCUT2D eigenvalue weighted by molar-refractivity contribution is -0.147. The summed E-state index contributed by atoms with van der Waals surface area (Å²) in [5, 5.41) is 28.4. The van der Waals surface area contributed by atoms with E-state index in [1.165, 1.54) is 12.1 Å². The zero-order valence-electron chi connectivity index (χ0n) is 9.84. The fraction of sp³-hybridized carbons (Fsp3) is 0.417. The molecule has 0 aliphatic rings. The van der Waals surface area contributed by atoms with E-state index < -0.39 is 36.2 Å². The quantitative estimate of drug-likeness (QED) is 0.682. The Labute approximate surface area is 103 Å². The number of carbonyl (C=O) groups is 1. The minimum absolute atomic E-state index is 0.155. The SMILES string of the molecule is CCOC(=O)CC(O)C(O)c1cccc(O)c1F. The molecule has 6 heteroatoms. The molecule has 0 bridgehead atoms. The van der Waals surface area contributed by atoms with Gasteiger partial charge in [0.1, 0.15) is 6.10 Å². The Morgan fingerprint density at radius 2 is 2.11 bits per heavy atom. The third-order valence-corrected chi connectivity index (χ3v) is 2.37. The fourth-order valence-electron chi connectivity index (χ4n) is 1.48. The summed E-state index contributed by atoms with van der Waals surface area (Å²) in [6.07, 6.45) is -3.56. The van der Waals surface area contributed by atoms with E-state index in [4.69, 9.17) is 5.11 Å². The lowest BCUT2D eigenvalue weighted by Crippen LogP contribution is -2.23. The predicted octanol–water partition coefficient (Wildman–Crippen LogP) is 0.879. The molecule has 2 unspecified atom stereocenters. The van der Waals surface area contributed by atoms with Crippen LogP contribution < -0.4 is 0 Å². The van der Waals surface area contributed by atoms with Crippen molar-refractivity contribution in [1.82, 2.24) is 0 Å². The van der Waals surface area contributed by atoms with Crippen molar-refractivity contribution in [2.75, 3.05) is 6.61 Å². The van der Waals surface area contributed by atoms with Gasteiger partial charge in [-0.2, -0.15) is 0 Å². The van der Waals surface area contributed by atoms with Crippen LogP contribution in [0, 0.1) is 5.82 Å². The van der Waals surface area contributed by atoms with Crippen LogP contribution >= 0.6 is 0 Å². The van der Waals surface area contributed by atoms with Crippen LogP contribution in [-0.4, -0.2) is 34.0 Å². The number of halogens is 1. The van der Waals surface area contributed by atoms with Gasteiger partial charge in [-0.25, -0.2) is 4.39 Å². The summed E-state index contributed by atoms with van der Waals surface area (Å²) in [4.78, 5) is 11.1. The molecule has 0 saturated carbocycles. The summed E-state index contributed by atoms with van der Waals surface area (Å²) in [5.41, 5.74) is -0.271. The lowest BCUT2D eigenvalue weighted by atomic mass is 10.0. The summed E-state index contributed by atoms with van der Waals surface area (Å²) in [5.74, 6) is -2.34. The maximum absolute atomic E-state index is 13.5. The summed E-state index contributed by atoms with van der Waals surface area (Å²) < 4.78 is 18.1. The number of esters is 1. The Balaban J connectivity index is 2.77. The molecule has 0 radical (unpaired) electrons. The monoisotopic (exact) mass is 258 g/mol. The number of phenols is 1. The van der Waals surface area contributed by atoms with Crippen LogP contribution in [0.4, 0.5) is 4.39 Å². The lowest BCUT2D eigenvalue weighted by Gasteiger charge is -2.18. The topological polar surface area (TPSA) is 87.0 Å². The average Bonchev–Trinajstić information content (AvgIpc) is 2.32. The third kappa shape index (κ3) is 3.41. The Morgan fingerprint density at radius 1 is 1.44 bits per heavy atom. The van der Waals surface area contributed by atoms with Gasteiger partial charge in [0.15, 0.2) is 11.6 Å². The molecule has 0 aliphatic carbocycles. The van der Waals surface area contributed by atoms with Crippen molar-refractivity contribution < 1.29 is 29.2 Å². The molecule has 0 spiro atoms. The molecular weight excluding hydrogens is 243 g/mol. The molecule has 1 aromatic carbocycles. The average molecular weight is 258 g/mol. The first-order valence-corrected chi connectivity index (χ1v) is 5.46. The zero-order valence-corrected chi connectivity index (χ0v) is 9.84. The Hall–Kier alpha value is -1.66. The van der Waals surface area contributed by atoms with Gasteiger partial charge < -0.3 is 20.1 Å². The van der Waals surface area contributed by atoms with E-state index in [1.54, 1.807) is 6.92 Å². The highest BCUT2D eigenvalue weighted by Gasteiger charge is 2.25. The highest BCUT2D eigenvalue weighted by molar-refractivity contribution is 5.70. The molecule has 100 valence electrons. The number of hydrogen-bond donors (Lipinski definition) is 3. The Bertz CT molecular complexity index is 421. The first-order valence-electron chi connectivity index (χ1n) is 5.46. The summed E-state index contributed by atoms with van der Waals surface area (Å²) in [6, 6.07) is 3.66. The molecule has 1 aromatic rings. The fourth-order valence-corrected chi connectivity index (χ4v) is 1.48. The van der Waals surface area contributed by atoms with Crippen molar-refractivity contribution in [1.29, 1.82) is 0 Å². The first-order chi connectivity index (χ1) is 8.47. The van der Waals surface area contributed by atoms with Gasteiger partial charge in [0.2, 0.25) is 0 Å². The van der Waals surface area contributed by atoms with Gasteiger partial charge >= 0.3 is 5.97 Å². The normalized spacial score (nSPS) is 14.0. The second-order valence-corrected chi connectivity index (χ2v) is 3.70. The third-order valence-electron chi connectivity index (χ3n) is 2.37. The van der Waals surface area contributed by atoms with Crippen LogP contribution in [0.3, 0.4) is 0 Å². The highest BCUT2D eigenvalue weighted by Crippen LogP contribution is 2.27. The number of carbonyl (C=O) groups excluding carboxylic acids is 1.